The molecule has 2 aliphatic rings. The molecule has 0 spiro atoms. The van der Waals surface area contributed by atoms with Crippen molar-refractivity contribution >= 4 is 26.6 Å². The van der Waals surface area contributed by atoms with E-state index in [1.165, 1.54) is 6.33 Å². The number of piperidine rings is 1. The number of nitrogens with zero attached hydrogens (tertiary/aromatic N) is 5. The van der Waals surface area contributed by atoms with Gasteiger partial charge in [-0.25, -0.2) is 18.4 Å². The van der Waals surface area contributed by atoms with E-state index in [9.17, 15) is 13.2 Å². The third-order valence-electron chi connectivity index (χ3n) is 6.94. The minimum atomic E-state index is -3.09. The van der Waals surface area contributed by atoms with E-state index in [-0.39, 0.29) is 36.6 Å². The fraction of sp³-hybridized carbons (Fsp3) is 0.480. The monoisotopic (exact) mass is 497 g/mol. The van der Waals surface area contributed by atoms with E-state index in [0.29, 0.717) is 17.4 Å². The number of hydrogen-bond donors (Lipinski definition) is 0. The highest BCUT2D eigenvalue weighted by Gasteiger charge is 2.29. The number of hydrogen-bond acceptors (Lipinski definition) is 7. The Labute approximate surface area is 205 Å². The van der Waals surface area contributed by atoms with Crippen molar-refractivity contribution in [3.05, 3.63) is 48.7 Å². The van der Waals surface area contributed by atoms with Gasteiger partial charge < -0.3 is 19.1 Å². The van der Waals surface area contributed by atoms with Crippen LogP contribution in [0.2, 0.25) is 0 Å². The number of benzene rings is 1. The van der Waals surface area contributed by atoms with E-state index in [4.69, 9.17) is 4.74 Å². The average Bonchev–Trinajstić information content (AvgIpc) is 3.23. The summed E-state index contributed by atoms with van der Waals surface area (Å²) in [5.41, 5.74) is 1.97. The van der Waals surface area contributed by atoms with E-state index >= 15 is 0 Å². The van der Waals surface area contributed by atoms with Crippen molar-refractivity contribution in [3.63, 3.8) is 0 Å². The fourth-order valence-corrected chi connectivity index (χ4v) is 6.09. The van der Waals surface area contributed by atoms with Gasteiger partial charge in [0.25, 0.3) is 5.91 Å². The van der Waals surface area contributed by atoms with E-state index < -0.39 is 9.84 Å². The summed E-state index contributed by atoms with van der Waals surface area (Å²) < 4.78 is 31.9. The molecule has 9 nitrogen and oxygen atoms in total. The molecule has 10 heteroatoms. The van der Waals surface area contributed by atoms with Gasteiger partial charge in [0.2, 0.25) is 0 Å². The van der Waals surface area contributed by atoms with Crippen LogP contribution in [0.4, 0.5) is 0 Å². The number of rotatable bonds is 5. The van der Waals surface area contributed by atoms with Crippen LogP contribution in [0.5, 0.6) is 5.75 Å². The molecule has 1 amide bonds. The summed E-state index contributed by atoms with van der Waals surface area (Å²) in [5, 5.41) is 0.874. The third-order valence-corrected chi connectivity index (χ3v) is 8.55. The van der Waals surface area contributed by atoms with Crippen LogP contribution in [0.25, 0.3) is 16.6 Å². The fourth-order valence-electron chi connectivity index (χ4n) is 4.89. The Balaban J connectivity index is 1.44. The topological polar surface area (TPSA) is 97.6 Å². The van der Waals surface area contributed by atoms with Crippen LogP contribution < -0.4 is 4.74 Å². The number of ether oxygens (including phenoxy) is 1. The highest BCUT2D eigenvalue weighted by atomic mass is 32.2. The summed E-state index contributed by atoms with van der Waals surface area (Å²) in [5.74, 6) is 0.552. The lowest BCUT2D eigenvalue weighted by Gasteiger charge is -2.34. The zero-order chi connectivity index (χ0) is 24.6. The lowest BCUT2D eigenvalue weighted by Crippen LogP contribution is -2.44. The number of likely N-dealkylation sites (tertiary alicyclic amines) is 1. The van der Waals surface area contributed by atoms with Gasteiger partial charge in [-0.1, -0.05) is 0 Å². The van der Waals surface area contributed by atoms with Gasteiger partial charge in [-0.15, -0.1) is 0 Å². The summed E-state index contributed by atoms with van der Waals surface area (Å²) in [7, 11) is -3.09. The van der Waals surface area contributed by atoms with Gasteiger partial charge >= 0.3 is 0 Å². The second-order valence-electron chi connectivity index (χ2n) is 9.57. The Morgan fingerprint density at radius 3 is 2.37 bits per heavy atom. The van der Waals surface area contributed by atoms with Crippen molar-refractivity contribution in [3.8, 4) is 11.4 Å². The molecule has 2 aromatic heterocycles. The molecule has 0 bridgehead atoms. The molecule has 0 saturated carbocycles. The van der Waals surface area contributed by atoms with Crippen LogP contribution in [-0.4, -0.2) is 88.5 Å². The molecule has 5 rings (SSSR count). The minimum absolute atomic E-state index is 0.0129. The quantitative estimate of drug-likeness (QED) is 0.534. The van der Waals surface area contributed by atoms with Gasteiger partial charge in [0.15, 0.2) is 9.84 Å². The van der Waals surface area contributed by atoms with E-state index in [1.54, 1.807) is 17.3 Å². The van der Waals surface area contributed by atoms with Crippen LogP contribution in [0, 0.1) is 0 Å². The van der Waals surface area contributed by atoms with Crippen molar-refractivity contribution < 1.29 is 17.9 Å². The number of aromatic nitrogens is 3. The largest absolute Gasteiger partial charge is 0.490 e. The first-order valence-electron chi connectivity index (χ1n) is 12.1. The van der Waals surface area contributed by atoms with Crippen molar-refractivity contribution in [2.24, 2.45) is 0 Å². The first kappa shape index (κ1) is 23.7. The maximum absolute atomic E-state index is 13.5. The molecule has 0 unspecified atom stereocenters. The smallest absolute Gasteiger partial charge is 0.270 e. The van der Waals surface area contributed by atoms with Gasteiger partial charge in [0, 0.05) is 37.6 Å². The molecule has 186 valence electrons. The Kier molecular flexibility index (Phi) is 6.50. The number of carbonyl (C=O) groups is 1. The van der Waals surface area contributed by atoms with Crippen LogP contribution >= 0.6 is 0 Å². The molecule has 3 aromatic rings. The number of fused-ring (bicyclic) bond motifs is 1. The highest BCUT2D eigenvalue weighted by molar-refractivity contribution is 7.91. The molecule has 1 aromatic carbocycles. The first-order chi connectivity index (χ1) is 16.8. The summed E-state index contributed by atoms with van der Waals surface area (Å²) in [4.78, 5) is 25.8. The molecule has 2 aliphatic heterocycles. The van der Waals surface area contributed by atoms with Crippen LogP contribution in [0.3, 0.4) is 0 Å². The second-order valence-corrected chi connectivity index (χ2v) is 11.9. The molecule has 0 atom stereocenters. The van der Waals surface area contributed by atoms with E-state index in [0.717, 1.165) is 42.6 Å². The molecule has 35 heavy (non-hydrogen) atoms. The molecule has 0 aliphatic carbocycles. The zero-order valence-corrected chi connectivity index (χ0v) is 20.9. The Morgan fingerprint density at radius 2 is 1.71 bits per heavy atom. The lowest BCUT2D eigenvalue weighted by molar-refractivity contribution is 0.0762. The maximum Gasteiger partial charge on any atom is 0.270 e. The predicted molar refractivity (Wildman–Crippen MR) is 134 cm³/mol. The van der Waals surface area contributed by atoms with Gasteiger partial charge in [-0.3, -0.25) is 4.79 Å². The van der Waals surface area contributed by atoms with Gasteiger partial charge in [-0.2, -0.15) is 0 Å². The Morgan fingerprint density at radius 1 is 1.03 bits per heavy atom. The van der Waals surface area contributed by atoms with Gasteiger partial charge in [-0.05, 0) is 51.0 Å². The number of sulfone groups is 1. The molecule has 0 radical (unpaired) electrons. The molecule has 2 saturated heterocycles. The first-order valence-corrected chi connectivity index (χ1v) is 13.9. The van der Waals surface area contributed by atoms with Gasteiger partial charge in [0.1, 0.15) is 23.9 Å². The standard InChI is InChI=1S/C25H31N5O4S/c1-18(2)28-7-5-21(6-8-28)34-22-3-4-23-19(13-22)14-24(30(23)20-15-26-17-27-16-20)25(31)29-9-11-35(32,33)12-10-29/h3-4,13-18,21H,5-12H2,1-2H3. The average molecular weight is 498 g/mol. The van der Waals surface area contributed by atoms with Crippen LogP contribution in [0.1, 0.15) is 37.2 Å². The summed E-state index contributed by atoms with van der Waals surface area (Å²) in [6, 6.07) is 8.27. The second kappa shape index (κ2) is 9.58. The summed E-state index contributed by atoms with van der Waals surface area (Å²) in [6.07, 6.45) is 6.92. The van der Waals surface area contributed by atoms with Crippen molar-refractivity contribution in [2.75, 3.05) is 37.7 Å². The van der Waals surface area contributed by atoms with Crippen LogP contribution in [-0.2, 0) is 9.84 Å². The normalized spacial score (nSPS) is 19.3. The Bertz CT molecular complexity index is 1300. The maximum atomic E-state index is 13.5. The molecule has 0 N–H and O–H groups in total. The third kappa shape index (κ3) is 5.04. The minimum Gasteiger partial charge on any atom is -0.490 e. The molecular weight excluding hydrogens is 466 g/mol. The van der Waals surface area contributed by atoms with Crippen molar-refractivity contribution in [2.45, 2.75) is 38.8 Å². The predicted octanol–water partition coefficient (Wildman–Crippen LogP) is 2.54. The molecule has 4 heterocycles. The van der Waals surface area contributed by atoms with Crippen molar-refractivity contribution in [1.29, 1.82) is 0 Å². The summed E-state index contributed by atoms with van der Waals surface area (Å²) >= 11 is 0. The highest BCUT2D eigenvalue weighted by Crippen LogP contribution is 2.30. The SMILES string of the molecule is CC(C)N1CCC(Oc2ccc3c(c2)cc(C(=O)N2CCS(=O)(=O)CC2)n3-c2cncnc2)CC1. The Hall–Kier alpha value is -2.98. The van der Waals surface area contributed by atoms with E-state index in [1.807, 2.05) is 28.8 Å². The zero-order valence-electron chi connectivity index (χ0n) is 20.1. The van der Waals surface area contributed by atoms with Crippen molar-refractivity contribution in [1.82, 2.24) is 24.3 Å². The van der Waals surface area contributed by atoms with Gasteiger partial charge in [0.05, 0.1) is 35.1 Å². The lowest BCUT2D eigenvalue weighted by atomic mass is 10.1. The van der Waals surface area contributed by atoms with Crippen LogP contribution in [0.15, 0.2) is 43.0 Å². The number of amides is 1. The summed E-state index contributed by atoms with van der Waals surface area (Å²) in [6.45, 7) is 6.88. The number of carbonyl (C=O) groups excluding carboxylic acids is 1. The van der Waals surface area contributed by atoms with E-state index in [2.05, 4.69) is 28.7 Å². The molecular formula is C25H31N5O4S. The molecule has 2 fully saturated rings.